The number of halogens is 1. The van der Waals surface area contributed by atoms with Crippen molar-refractivity contribution in [1.29, 1.82) is 0 Å². The summed E-state index contributed by atoms with van der Waals surface area (Å²) in [5, 5.41) is 3.70. The van der Waals surface area contributed by atoms with Crippen LogP contribution in [0.5, 0.6) is 0 Å². The van der Waals surface area contributed by atoms with Crippen LogP contribution < -0.4 is 15.1 Å². The number of likely N-dealkylation sites (N-methyl/N-ethyl adjacent to an activating group) is 1. The summed E-state index contributed by atoms with van der Waals surface area (Å²) in [6.07, 6.45) is 8.25. The molecule has 180 valence electrons. The van der Waals surface area contributed by atoms with E-state index in [1.54, 1.807) is 12.4 Å². The van der Waals surface area contributed by atoms with Gasteiger partial charge in [0.05, 0.1) is 16.4 Å². The largest absolute Gasteiger partial charge is 0.378 e. The van der Waals surface area contributed by atoms with E-state index in [-0.39, 0.29) is 0 Å². The maximum absolute atomic E-state index is 4.79. The van der Waals surface area contributed by atoms with Gasteiger partial charge in [-0.3, -0.25) is 4.98 Å². The first kappa shape index (κ1) is 22.2. The molecule has 3 aromatic heterocycles. The van der Waals surface area contributed by atoms with E-state index in [1.165, 1.54) is 5.69 Å². The Kier molecular flexibility index (Phi) is 5.99. The molecule has 2 aliphatic rings. The third-order valence-electron chi connectivity index (χ3n) is 6.87. The van der Waals surface area contributed by atoms with Crippen molar-refractivity contribution in [2.75, 3.05) is 61.4 Å². The maximum atomic E-state index is 4.79. The van der Waals surface area contributed by atoms with Crippen LogP contribution in [0.15, 0.2) is 53.5 Å². The molecule has 0 amide bonds. The minimum atomic E-state index is 0.419. The molecule has 1 aromatic carbocycles. The van der Waals surface area contributed by atoms with E-state index in [1.807, 2.05) is 12.4 Å². The zero-order valence-corrected chi connectivity index (χ0v) is 21.2. The molecule has 35 heavy (non-hydrogen) atoms. The number of anilines is 3. The number of aromatic nitrogens is 5. The molecule has 0 saturated carbocycles. The van der Waals surface area contributed by atoms with E-state index in [9.17, 15) is 0 Å². The first-order valence-electron chi connectivity index (χ1n) is 12.0. The van der Waals surface area contributed by atoms with Gasteiger partial charge in [-0.1, -0.05) is 0 Å². The van der Waals surface area contributed by atoms with Crippen LogP contribution in [-0.4, -0.2) is 82.2 Å². The van der Waals surface area contributed by atoms with E-state index in [4.69, 9.17) is 4.98 Å². The van der Waals surface area contributed by atoms with Crippen LogP contribution in [0.25, 0.3) is 22.6 Å². The average molecular weight is 534 g/mol. The highest BCUT2D eigenvalue weighted by atomic mass is 79.9. The molecule has 0 bridgehead atoms. The molecule has 0 radical (unpaired) electrons. The molecule has 2 fully saturated rings. The van der Waals surface area contributed by atoms with Crippen molar-refractivity contribution in [1.82, 2.24) is 29.8 Å². The minimum absolute atomic E-state index is 0.419. The number of H-pyrrole nitrogens is 1. The van der Waals surface area contributed by atoms with Gasteiger partial charge < -0.3 is 25.0 Å². The number of hydrogen-bond acceptors (Lipinski definition) is 8. The van der Waals surface area contributed by atoms with Crippen LogP contribution in [0, 0.1) is 0 Å². The Balaban J connectivity index is 1.18. The summed E-state index contributed by atoms with van der Waals surface area (Å²) in [5.74, 6) is 1.78. The van der Waals surface area contributed by atoms with E-state index < -0.39 is 0 Å². The first-order valence-corrected chi connectivity index (χ1v) is 12.8. The van der Waals surface area contributed by atoms with Crippen molar-refractivity contribution in [2.45, 2.75) is 12.5 Å². The fourth-order valence-electron chi connectivity index (χ4n) is 4.95. The van der Waals surface area contributed by atoms with Crippen LogP contribution in [0.2, 0.25) is 0 Å². The van der Waals surface area contributed by atoms with Crippen LogP contribution in [0.4, 0.5) is 17.2 Å². The second-order valence-electron chi connectivity index (χ2n) is 9.24. The fourth-order valence-corrected chi connectivity index (χ4v) is 5.36. The van der Waals surface area contributed by atoms with Gasteiger partial charge in [0.15, 0.2) is 5.65 Å². The zero-order valence-electron chi connectivity index (χ0n) is 19.7. The standard InChI is InChI=1S/C25H28BrN9/c1-33-9-6-18(16-33)30-22-20(26)14-29-25-23(22)31-24(32-25)17-2-4-19(5-3-17)34-10-12-35(13-11-34)21-15-27-7-8-28-21/h2-5,7-8,14-15,18H,6,9-13,16H2,1H3,(H2,29,30,31,32). The number of benzene rings is 1. The monoisotopic (exact) mass is 533 g/mol. The number of aromatic amines is 1. The number of piperazine rings is 1. The number of rotatable bonds is 5. The maximum Gasteiger partial charge on any atom is 0.180 e. The number of nitrogens with one attached hydrogen (secondary N) is 2. The van der Waals surface area contributed by atoms with E-state index in [2.05, 4.69) is 87.2 Å². The van der Waals surface area contributed by atoms with Gasteiger partial charge in [-0.05, 0) is 60.2 Å². The normalized spacial score (nSPS) is 19.0. The van der Waals surface area contributed by atoms with Crippen molar-refractivity contribution >= 4 is 44.3 Å². The molecule has 6 rings (SSSR count). The highest BCUT2D eigenvalue weighted by Crippen LogP contribution is 2.32. The molecule has 0 aliphatic carbocycles. The van der Waals surface area contributed by atoms with Gasteiger partial charge in [-0.15, -0.1) is 0 Å². The van der Waals surface area contributed by atoms with Crippen LogP contribution in [0.1, 0.15) is 6.42 Å². The molecule has 2 aliphatic heterocycles. The summed E-state index contributed by atoms with van der Waals surface area (Å²) in [5.41, 5.74) is 4.96. The molecular formula is C25H28BrN9. The predicted octanol–water partition coefficient (Wildman–Crippen LogP) is 3.62. The van der Waals surface area contributed by atoms with Gasteiger partial charge in [0.1, 0.15) is 17.2 Å². The van der Waals surface area contributed by atoms with Crippen molar-refractivity contribution in [3.05, 3.63) is 53.5 Å². The summed E-state index contributed by atoms with van der Waals surface area (Å²) in [6.45, 7) is 5.90. The molecule has 2 N–H and O–H groups in total. The number of hydrogen-bond donors (Lipinski definition) is 2. The van der Waals surface area contributed by atoms with Crippen molar-refractivity contribution in [3.63, 3.8) is 0 Å². The Bertz CT molecular complexity index is 1300. The number of pyridine rings is 1. The third-order valence-corrected chi connectivity index (χ3v) is 7.47. The van der Waals surface area contributed by atoms with E-state index >= 15 is 0 Å². The Labute approximate surface area is 212 Å². The Hall–Kier alpha value is -3.24. The second kappa shape index (κ2) is 9.43. The average Bonchev–Trinajstić information content (AvgIpc) is 3.53. The predicted molar refractivity (Wildman–Crippen MR) is 143 cm³/mol. The molecule has 10 heteroatoms. The summed E-state index contributed by atoms with van der Waals surface area (Å²) in [7, 11) is 2.16. The quantitative estimate of drug-likeness (QED) is 0.402. The smallest absolute Gasteiger partial charge is 0.180 e. The van der Waals surface area contributed by atoms with Crippen LogP contribution in [0.3, 0.4) is 0 Å². The van der Waals surface area contributed by atoms with Gasteiger partial charge in [-0.2, -0.15) is 0 Å². The highest BCUT2D eigenvalue weighted by Gasteiger charge is 2.22. The fraction of sp³-hybridized carbons (Fsp3) is 0.360. The van der Waals surface area contributed by atoms with Crippen molar-refractivity contribution < 1.29 is 0 Å². The van der Waals surface area contributed by atoms with Gasteiger partial charge in [-0.25, -0.2) is 15.0 Å². The molecule has 1 unspecified atom stereocenters. The lowest BCUT2D eigenvalue weighted by Gasteiger charge is -2.36. The zero-order chi connectivity index (χ0) is 23.8. The first-order chi connectivity index (χ1) is 17.1. The van der Waals surface area contributed by atoms with Crippen LogP contribution >= 0.6 is 15.9 Å². The highest BCUT2D eigenvalue weighted by molar-refractivity contribution is 9.10. The van der Waals surface area contributed by atoms with Crippen LogP contribution in [-0.2, 0) is 0 Å². The summed E-state index contributed by atoms with van der Waals surface area (Å²) in [4.78, 5) is 28.5. The summed E-state index contributed by atoms with van der Waals surface area (Å²) >= 11 is 3.68. The van der Waals surface area contributed by atoms with Crippen molar-refractivity contribution in [2.24, 2.45) is 0 Å². The molecular weight excluding hydrogens is 506 g/mol. The Morgan fingerprint density at radius 1 is 0.971 bits per heavy atom. The molecule has 4 aromatic rings. The number of fused-ring (bicyclic) bond motifs is 1. The lowest BCUT2D eigenvalue weighted by Crippen LogP contribution is -2.46. The number of imidazole rings is 1. The number of nitrogens with zero attached hydrogens (tertiary/aromatic N) is 7. The van der Waals surface area contributed by atoms with Gasteiger partial charge in [0, 0.05) is 68.6 Å². The lowest BCUT2D eigenvalue weighted by molar-refractivity contribution is 0.414. The minimum Gasteiger partial charge on any atom is -0.378 e. The van der Waals surface area contributed by atoms with E-state index in [0.717, 1.165) is 84.2 Å². The Morgan fingerprint density at radius 3 is 2.49 bits per heavy atom. The van der Waals surface area contributed by atoms with E-state index in [0.29, 0.717) is 6.04 Å². The summed E-state index contributed by atoms with van der Waals surface area (Å²) < 4.78 is 0.950. The van der Waals surface area contributed by atoms with Gasteiger partial charge in [0.25, 0.3) is 0 Å². The second-order valence-corrected chi connectivity index (χ2v) is 10.1. The summed E-state index contributed by atoms with van der Waals surface area (Å²) in [6, 6.07) is 9.04. The molecule has 1 atom stereocenters. The van der Waals surface area contributed by atoms with Crippen molar-refractivity contribution in [3.8, 4) is 11.4 Å². The third kappa shape index (κ3) is 4.55. The topological polar surface area (TPSA) is 89.1 Å². The molecule has 2 saturated heterocycles. The van der Waals surface area contributed by atoms with Gasteiger partial charge in [0.2, 0.25) is 0 Å². The molecule has 5 heterocycles. The Morgan fingerprint density at radius 2 is 1.77 bits per heavy atom. The molecule has 0 spiro atoms. The lowest BCUT2D eigenvalue weighted by atomic mass is 10.1. The van der Waals surface area contributed by atoms with Gasteiger partial charge >= 0.3 is 0 Å². The molecule has 9 nitrogen and oxygen atoms in total. The SMILES string of the molecule is CN1CCC(Nc2c(Br)cnc3nc(-c4ccc(N5CCN(c6cnccn6)CC5)cc4)[nH]c23)C1. The number of likely N-dealkylation sites (tertiary alicyclic amines) is 1.